The van der Waals surface area contributed by atoms with E-state index in [0.29, 0.717) is 6.21 Å². The molecule has 4 aliphatic heterocycles. The van der Waals surface area contributed by atoms with Crippen LogP contribution in [0.3, 0.4) is 0 Å². The van der Waals surface area contributed by atoms with E-state index < -0.39 is 6.39 Å². The molecule has 5 aromatic carbocycles. The second-order valence-corrected chi connectivity index (χ2v) is 17.3. The van der Waals surface area contributed by atoms with Crippen LogP contribution in [0.5, 0.6) is 0 Å². The molecule has 1 N–H and O–H groups in total. The van der Waals surface area contributed by atoms with Crippen LogP contribution >= 0.6 is 6.39 Å². The summed E-state index contributed by atoms with van der Waals surface area (Å²) in [4.78, 5) is 0. The summed E-state index contributed by atoms with van der Waals surface area (Å²) in [5.41, 5.74) is 12.6. The number of fused-ring (bicyclic) bond motifs is 8. The molecule has 0 aliphatic carbocycles. The summed E-state index contributed by atoms with van der Waals surface area (Å²) in [6, 6.07) is 41.0. The standard InChI is InChI=1S/C33H25B4N2P/c1-33(2)24-14-7-8-16-26(24)36-30-25(33)15-10-18-28(30)39-27-17-9-6-13-22(27)23-19-20-29(31(36)32(23)39)40(34-37(40)35-40)38-21-11-4-3-5-12-21/h3-20,38H,1-2H3/q-1. The predicted octanol–water partition coefficient (Wildman–Crippen LogP) is 4.71. The van der Waals surface area contributed by atoms with E-state index in [1.165, 1.54) is 66.0 Å². The van der Waals surface area contributed by atoms with E-state index in [1.807, 2.05) is 0 Å². The Bertz CT molecular complexity index is 2110. The molecule has 0 unspecified atom stereocenters. The monoisotopic (exact) mass is 524 g/mol. The van der Waals surface area contributed by atoms with E-state index in [4.69, 9.17) is 0 Å². The Morgan fingerprint density at radius 2 is 1.48 bits per heavy atom. The van der Waals surface area contributed by atoms with Crippen LogP contribution < -0.4 is 26.8 Å². The molecule has 0 bridgehead atoms. The summed E-state index contributed by atoms with van der Waals surface area (Å²) < 4.78 is 2.60. The Morgan fingerprint density at radius 1 is 0.750 bits per heavy atom. The molecule has 2 saturated heterocycles. The molecule has 2 nitrogen and oxygen atoms in total. The fourth-order valence-electron chi connectivity index (χ4n) is 8.46. The molecule has 2 fully saturated rings. The first-order valence-electron chi connectivity index (χ1n) is 14.4. The zero-order valence-corrected chi connectivity index (χ0v) is 23.5. The van der Waals surface area contributed by atoms with Crippen LogP contribution in [0.25, 0.3) is 27.5 Å². The third kappa shape index (κ3) is 2.36. The van der Waals surface area contributed by atoms with E-state index in [0.717, 1.165) is 0 Å². The van der Waals surface area contributed by atoms with Gasteiger partial charge in [-0.2, -0.15) is 0 Å². The minimum absolute atomic E-state index is 0.0676. The number of rotatable bonds is 3. The first-order chi connectivity index (χ1) is 19.5. The van der Waals surface area contributed by atoms with Gasteiger partial charge >= 0.3 is 237 Å². The number of nitrogens with zero attached hydrogens (tertiary/aromatic N) is 1. The number of anilines is 1. The van der Waals surface area contributed by atoms with Crippen LogP contribution in [0.2, 0.25) is 0 Å². The molecule has 0 spiro atoms. The zero-order valence-electron chi connectivity index (χ0n) is 22.6. The minimum atomic E-state index is -2.47. The summed E-state index contributed by atoms with van der Waals surface area (Å²) in [5, 5.41) is 8.41. The van der Waals surface area contributed by atoms with Crippen molar-refractivity contribution in [3.8, 4) is 5.69 Å². The Balaban J connectivity index is 1.39. The van der Waals surface area contributed by atoms with E-state index >= 15 is 0 Å². The molecule has 0 atom stereocenters. The van der Waals surface area contributed by atoms with Crippen LogP contribution in [0.4, 0.5) is 5.69 Å². The molecule has 0 amide bonds. The van der Waals surface area contributed by atoms with Gasteiger partial charge in [0.25, 0.3) is 0 Å². The van der Waals surface area contributed by atoms with Gasteiger partial charge in [0, 0.05) is 0 Å². The summed E-state index contributed by atoms with van der Waals surface area (Å²) in [5.74, 6) is 0. The van der Waals surface area contributed by atoms with E-state index in [2.05, 4.69) is 146 Å². The number of para-hydroxylation sites is 2. The fraction of sp³-hybridized carbons (Fsp3) is 0.0909. The molecule has 185 valence electrons. The van der Waals surface area contributed by atoms with Gasteiger partial charge < -0.3 is 0 Å². The van der Waals surface area contributed by atoms with Crippen LogP contribution in [-0.2, 0) is 5.41 Å². The van der Waals surface area contributed by atoms with E-state index in [-0.39, 0.29) is 12.1 Å². The predicted molar refractivity (Wildman–Crippen MR) is 178 cm³/mol. The molecule has 0 saturated carbocycles. The molecule has 7 heteroatoms. The van der Waals surface area contributed by atoms with Crippen molar-refractivity contribution in [2.75, 3.05) is 5.09 Å². The van der Waals surface area contributed by atoms with E-state index in [1.54, 1.807) is 0 Å². The molecule has 6 aromatic rings. The number of aromatic nitrogens is 1. The first-order valence-corrected chi connectivity index (χ1v) is 16.8. The Kier molecular flexibility index (Phi) is 3.77. The fourth-order valence-corrected chi connectivity index (χ4v) is 13.8. The number of benzene rings is 5. The Morgan fingerprint density at radius 3 is 2.30 bits per heavy atom. The molecule has 3 radical (unpaired) electrons. The first kappa shape index (κ1) is 22.1. The Labute approximate surface area is 236 Å². The molecular formula is C33H25B4N2P-. The molecule has 1 aromatic heterocycles. The van der Waals surface area contributed by atoms with Crippen LogP contribution in [0.1, 0.15) is 25.0 Å². The van der Waals surface area contributed by atoms with Gasteiger partial charge in [0.1, 0.15) is 0 Å². The van der Waals surface area contributed by atoms with Gasteiger partial charge in [0.2, 0.25) is 0 Å². The van der Waals surface area contributed by atoms with Crippen molar-refractivity contribution in [1.82, 2.24) is 4.57 Å². The third-order valence-electron chi connectivity index (χ3n) is 10.5. The molecule has 10 rings (SSSR count). The van der Waals surface area contributed by atoms with Gasteiger partial charge in [0.15, 0.2) is 0 Å². The number of nitrogens with one attached hydrogen (secondary N) is 1. The normalized spacial score (nSPS) is 20.0. The second kappa shape index (κ2) is 6.81. The SMILES string of the molecule is CC1(C)c2ccccc2B2c3c(cccc31)-n1c3ccccc3c3ccc(P45(Nc6ccccc6)[B]B4[B-]5)c2c31. The van der Waals surface area contributed by atoms with Crippen molar-refractivity contribution in [3.63, 3.8) is 0 Å². The van der Waals surface area contributed by atoms with E-state index in [9.17, 15) is 0 Å². The quantitative estimate of drug-likeness (QED) is 0.262. The molecule has 5 heterocycles. The topological polar surface area (TPSA) is 17.0 Å². The molecular weight excluding hydrogens is 499 g/mol. The van der Waals surface area contributed by atoms with Crippen molar-refractivity contribution in [2.45, 2.75) is 19.3 Å². The molecule has 4 aliphatic rings. The van der Waals surface area contributed by atoms with Crippen molar-refractivity contribution >= 4 is 82.3 Å². The van der Waals surface area contributed by atoms with Crippen molar-refractivity contribution in [1.29, 1.82) is 0 Å². The second-order valence-electron chi connectivity index (χ2n) is 12.7. The summed E-state index contributed by atoms with van der Waals surface area (Å²) in [6.45, 7) is 10.3. The van der Waals surface area contributed by atoms with Gasteiger partial charge in [-0.05, 0) is 0 Å². The molecule has 40 heavy (non-hydrogen) atoms. The summed E-state index contributed by atoms with van der Waals surface area (Å²) >= 11 is 0. The van der Waals surface area contributed by atoms with Crippen molar-refractivity contribution in [3.05, 3.63) is 120 Å². The van der Waals surface area contributed by atoms with Crippen molar-refractivity contribution < 1.29 is 0 Å². The Hall–Kier alpha value is -3.61. The summed E-state index contributed by atoms with van der Waals surface area (Å²) in [6.07, 6.45) is -1.90. The average Bonchev–Trinajstić information content (AvgIpc) is 3.77. The average molecular weight is 524 g/mol. The summed E-state index contributed by atoms with van der Waals surface area (Å²) in [7, 11) is 0. The maximum atomic E-state index is 4.16. The van der Waals surface area contributed by atoms with Gasteiger partial charge in [-0.1, -0.05) is 0 Å². The van der Waals surface area contributed by atoms with Crippen molar-refractivity contribution in [2.24, 2.45) is 0 Å². The van der Waals surface area contributed by atoms with Crippen LogP contribution in [0.15, 0.2) is 109 Å². The van der Waals surface area contributed by atoms with Gasteiger partial charge in [-0.25, -0.2) is 0 Å². The van der Waals surface area contributed by atoms with Crippen LogP contribution in [-0.4, -0.2) is 31.3 Å². The maximum absolute atomic E-state index is 4.16. The van der Waals surface area contributed by atoms with Gasteiger partial charge in [-0.15, -0.1) is 0 Å². The number of hydrogen-bond donors (Lipinski definition) is 1. The third-order valence-corrected chi connectivity index (χ3v) is 15.5. The van der Waals surface area contributed by atoms with Gasteiger partial charge in [-0.3, -0.25) is 0 Å². The zero-order chi connectivity index (χ0) is 26.5. The number of hydrogen-bond acceptors (Lipinski definition) is 1. The van der Waals surface area contributed by atoms with Crippen LogP contribution in [0, 0.1) is 0 Å². The van der Waals surface area contributed by atoms with Gasteiger partial charge in [0.05, 0.1) is 0 Å².